The predicted molar refractivity (Wildman–Crippen MR) is 78.5 cm³/mol. The standard InChI is InChI=1S/C13H19N3O4S/c1-8-5-9(2)13(6-12(8)16(17)18)21(19,20)15-7-11(14)10-3-4-10/h5-6,10-11,15H,3-4,7,14H2,1-2H3. The Morgan fingerprint density at radius 3 is 2.52 bits per heavy atom. The van der Waals surface area contributed by atoms with Gasteiger partial charge in [0.05, 0.1) is 9.82 Å². The largest absolute Gasteiger partial charge is 0.326 e. The van der Waals surface area contributed by atoms with Gasteiger partial charge >= 0.3 is 0 Å². The summed E-state index contributed by atoms with van der Waals surface area (Å²) in [6.07, 6.45) is 2.05. The van der Waals surface area contributed by atoms with Crippen molar-refractivity contribution < 1.29 is 13.3 Å². The topological polar surface area (TPSA) is 115 Å². The smallest absolute Gasteiger partial charge is 0.273 e. The fraction of sp³-hybridized carbons (Fsp3) is 0.538. The molecule has 0 radical (unpaired) electrons. The molecular weight excluding hydrogens is 294 g/mol. The Hall–Kier alpha value is -1.51. The van der Waals surface area contributed by atoms with Crippen LogP contribution < -0.4 is 10.5 Å². The molecule has 0 heterocycles. The third-order valence-electron chi connectivity index (χ3n) is 3.72. The number of nitro groups is 1. The van der Waals surface area contributed by atoms with Gasteiger partial charge in [0.15, 0.2) is 0 Å². The summed E-state index contributed by atoms with van der Waals surface area (Å²) >= 11 is 0. The van der Waals surface area contributed by atoms with Gasteiger partial charge in [-0.15, -0.1) is 0 Å². The van der Waals surface area contributed by atoms with Crippen LogP contribution in [0.25, 0.3) is 0 Å². The minimum Gasteiger partial charge on any atom is -0.326 e. The van der Waals surface area contributed by atoms with E-state index in [2.05, 4.69) is 4.72 Å². The maximum atomic E-state index is 12.3. The molecule has 1 atom stereocenters. The van der Waals surface area contributed by atoms with Crippen LogP contribution in [0.1, 0.15) is 24.0 Å². The van der Waals surface area contributed by atoms with Gasteiger partial charge in [-0.05, 0) is 44.2 Å². The van der Waals surface area contributed by atoms with Gasteiger partial charge in [-0.25, -0.2) is 13.1 Å². The first kappa shape index (κ1) is 15.9. The summed E-state index contributed by atoms with van der Waals surface area (Å²) in [6.45, 7) is 3.35. The molecular formula is C13H19N3O4S. The number of nitrogens with one attached hydrogen (secondary N) is 1. The van der Waals surface area contributed by atoms with Crippen LogP contribution in [0.5, 0.6) is 0 Å². The van der Waals surface area contributed by atoms with Crippen molar-refractivity contribution in [1.82, 2.24) is 4.72 Å². The lowest BCUT2D eigenvalue weighted by Gasteiger charge is -2.13. The molecule has 0 spiro atoms. The number of rotatable bonds is 6. The number of sulfonamides is 1. The molecule has 0 aliphatic heterocycles. The minimum atomic E-state index is -3.80. The van der Waals surface area contributed by atoms with Crippen molar-refractivity contribution in [3.63, 3.8) is 0 Å². The van der Waals surface area contributed by atoms with Gasteiger partial charge in [0.2, 0.25) is 10.0 Å². The molecule has 1 fully saturated rings. The molecule has 7 nitrogen and oxygen atoms in total. The summed E-state index contributed by atoms with van der Waals surface area (Å²) in [7, 11) is -3.80. The second kappa shape index (κ2) is 5.70. The lowest BCUT2D eigenvalue weighted by atomic mass is 10.1. The number of aryl methyl sites for hydroxylation is 2. The van der Waals surface area contributed by atoms with Crippen LogP contribution in [0.2, 0.25) is 0 Å². The molecule has 1 unspecified atom stereocenters. The number of hydrogen-bond acceptors (Lipinski definition) is 5. The molecule has 1 saturated carbocycles. The van der Waals surface area contributed by atoms with Gasteiger partial charge in [-0.3, -0.25) is 10.1 Å². The number of nitrogens with two attached hydrogens (primary N) is 1. The third kappa shape index (κ3) is 3.58. The SMILES string of the molecule is Cc1cc(C)c(S(=O)(=O)NCC(N)C2CC2)cc1[N+](=O)[O-]. The summed E-state index contributed by atoms with van der Waals surface area (Å²) in [5.74, 6) is 0.376. The van der Waals surface area contributed by atoms with E-state index in [1.54, 1.807) is 13.8 Å². The van der Waals surface area contributed by atoms with Crippen LogP contribution in [-0.2, 0) is 10.0 Å². The highest BCUT2D eigenvalue weighted by molar-refractivity contribution is 7.89. The molecule has 21 heavy (non-hydrogen) atoms. The fourth-order valence-electron chi connectivity index (χ4n) is 2.28. The second-order valence-electron chi connectivity index (χ2n) is 5.51. The Kier molecular flexibility index (Phi) is 4.31. The maximum absolute atomic E-state index is 12.3. The predicted octanol–water partition coefficient (Wildman–Crippen LogP) is 1.23. The first-order valence-corrected chi connectivity index (χ1v) is 8.21. The highest BCUT2D eigenvalue weighted by atomic mass is 32.2. The first-order valence-electron chi connectivity index (χ1n) is 6.73. The Balaban J connectivity index is 2.26. The molecule has 0 saturated heterocycles. The van der Waals surface area contributed by atoms with Crippen LogP contribution in [0.3, 0.4) is 0 Å². The summed E-state index contributed by atoms with van der Waals surface area (Å²) in [6, 6.07) is 2.41. The molecule has 3 N–H and O–H groups in total. The normalized spacial score (nSPS) is 16.7. The van der Waals surface area contributed by atoms with Crippen molar-refractivity contribution in [2.75, 3.05) is 6.54 Å². The van der Waals surface area contributed by atoms with Gasteiger partial charge in [-0.1, -0.05) is 0 Å². The van der Waals surface area contributed by atoms with E-state index in [1.807, 2.05) is 0 Å². The monoisotopic (exact) mass is 313 g/mol. The molecule has 0 amide bonds. The molecule has 1 aromatic carbocycles. The summed E-state index contributed by atoms with van der Waals surface area (Å²) < 4.78 is 27.0. The number of benzene rings is 1. The lowest BCUT2D eigenvalue weighted by molar-refractivity contribution is -0.385. The van der Waals surface area contributed by atoms with Crippen LogP contribution in [0.4, 0.5) is 5.69 Å². The minimum absolute atomic E-state index is 0.0669. The molecule has 2 rings (SSSR count). The van der Waals surface area contributed by atoms with Gasteiger partial charge in [0, 0.05) is 24.2 Å². The number of nitro benzene ring substituents is 1. The zero-order valence-electron chi connectivity index (χ0n) is 12.0. The van der Waals surface area contributed by atoms with Crippen molar-refractivity contribution in [3.05, 3.63) is 33.4 Å². The van der Waals surface area contributed by atoms with Crippen molar-refractivity contribution >= 4 is 15.7 Å². The fourth-order valence-corrected chi connectivity index (χ4v) is 3.60. The van der Waals surface area contributed by atoms with E-state index in [0.29, 0.717) is 17.0 Å². The molecule has 116 valence electrons. The summed E-state index contributed by atoms with van der Waals surface area (Å²) in [5, 5.41) is 10.9. The van der Waals surface area contributed by atoms with E-state index in [1.165, 1.54) is 6.07 Å². The molecule has 0 aromatic heterocycles. The van der Waals surface area contributed by atoms with Gasteiger partial charge in [-0.2, -0.15) is 0 Å². The average molecular weight is 313 g/mol. The Morgan fingerprint density at radius 1 is 1.38 bits per heavy atom. The van der Waals surface area contributed by atoms with E-state index < -0.39 is 14.9 Å². The number of nitrogens with zero attached hydrogens (tertiary/aromatic N) is 1. The van der Waals surface area contributed by atoms with Gasteiger partial charge in [0.1, 0.15) is 0 Å². The third-order valence-corrected chi connectivity index (χ3v) is 5.28. The van der Waals surface area contributed by atoms with Crippen molar-refractivity contribution in [3.8, 4) is 0 Å². The van der Waals surface area contributed by atoms with Crippen LogP contribution in [-0.4, -0.2) is 25.9 Å². The maximum Gasteiger partial charge on any atom is 0.273 e. The van der Waals surface area contributed by atoms with E-state index in [9.17, 15) is 18.5 Å². The molecule has 1 aliphatic carbocycles. The second-order valence-corrected chi connectivity index (χ2v) is 7.25. The van der Waals surface area contributed by atoms with Crippen LogP contribution in [0, 0.1) is 29.9 Å². The quantitative estimate of drug-likeness (QED) is 0.605. The van der Waals surface area contributed by atoms with Gasteiger partial charge in [0.25, 0.3) is 5.69 Å². The Bertz CT molecular complexity index is 668. The van der Waals surface area contributed by atoms with E-state index >= 15 is 0 Å². The zero-order chi connectivity index (χ0) is 15.8. The highest BCUT2D eigenvalue weighted by Gasteiger charge is 2.30. The van der Waals surface area contributed by atoms with Crippen LogP contribution in [0.15, 0.2) is 17.0 Å². The van der Waals surface area contributed by atoms with Crippen LogP contribution >= 0.6 is 0 Å². The summed E-state index contributed by atoms with van der Waals surface area (Å²) in [4.78, 5) is 10.3. The molecule has 1 aliphatic rings. The molecule has 0 bridgehead atoms. The zero-order valence-corrected chi connectivity index (χ0v) is 12.8. The van der Waals surface area contributed by atoms with Gasteiger partial charge < -0.3 is 5.73 Å². The Labute approximate surface area is 123 Å². The van der Waals surface area contributed by atoms with E-state index in [0.717, 1.165) is 18.9 Å². The van der Waals surface area contributed by atoms with E-state index in [-0.39, 0.29) is 23.2 Å². The number of hydrogen-bond donors (Lipinski definition) is 2. The molecule has 8 heteroatoms. The Morgan fingerprint density at radius 2 is 2.00 bits per heavy atom. The average Bonchev–Trinajstić information content (AvgIpc) is 3.19. The van der Waals surface area contributed by atoms with Crippen molar-refractivity contribution in [1.29, 1.82) is 0 Å². The van der Waals surface area contributed by atoms with E-state index in [4.69, 9.17) is 5.73 Å². The van der Waals surface area contributed by atoms with Crippen molar-refractivity contribution in [2.24, 2.45) is 11.7 Å². The first-order chi connectivity index (χ1) is 9.72. The van der Waals surface area contributed by atoms with Crippen molar-refractivity contribution in [2.45, 2.75) is 37.6 Å². The molecule has 1 aromatic rings. The highest BCUT2D eigenvalue weighted by Crippen LogP contribution is 2.31. The lowest BCUT2D eigenvalue weighted by Crippen LogP contribution is -2.38. The summed E-state index contributed by atoms with van der Waals surface area (Å²) in [5.41, 5.74) is 6.58.